The molecule has 0 radical (unpaired) electrons. The predicted molar refractivity (Wildman–Crippen MR) is 146 cm³/mol. The maximum absolute atomic E-state index is 12.8. The van der Waals surface area contributed by atoms with Gasteiger partial charge in [-0.25, -0.2) is 0 Å². The summed E-state index contributed by atoms with van der Waals surface area (Å²) >= 11 is 0. The van der Waals surface area contributed by atoms with Gasteiger partial charge >= 0.3 is 33.4 Å². The van der Waals surface area contributed by atoms with Crippen molar-refractivity contribution in [3.05, 3.63) is 96.2 Å². The van der Waals surface area contributed by atoms with Crippen LogP contribution in [-0.4, -0.2) is 30.0 Å². The van der Waals surface area contributed by atoms with E-state index in [1.54, 1.807) is 12.3 Å². The van der Waals surface area contributed by atoms with Crippen molar-refractivity contribution >= 4 is 0 Å². The molecule has 0 amide bonds. The molecule has 0 aliphatic rings. The summed E-state index contributed by atoms with van der Waals surface area (Å²) in [4.78, 5) is 18.2. The second kappa shape index (κ2) is 14.2. The van der Waals surface area contributed by atoms with Crippen molar-refractivity contribution in [2.75, 3.05) is 0 Å². The smallest absolute Gasteiger partial charge is 0.573 e. The molecule has 0 unspecified atom stereocenters. The third-order valence-electron chi connectivity index (χ3n) is 6.20. The summed E-state index contributed by atoms with van der Waals surface area (Å²) in [5.41, 5.74) is 4.56. The van der Waals surface area contributed by atoms with Gasteiger partial charge in [0.25, 0.3) is 0 Å². The molecule has 0 saturated heterocycles. The molecular weight excluding hydrogens is 767 g/mol. The second-order valence-electron chi connectivity index (χ2n) is 9.97. The van der Waals surface area contributed by atoms with Crippen LogP contribution in [0.5, 0.6) is 0 Å². The van der Waals surface area contributed by atoms with E-state index >= 15 is 0 Å². The van der Waals surface area contributed by atoms with Crippen molar-refractivity contribution in [3.8, 4) is 33.8 Å². The Kier molecular flexibility index (Phi) is 11.1. The monoisotopic (exact) mass is 792 g/mol. The van der Waals surface area contributed by atoms with Gasteiger partial charge in [-0.1, -0.05) is 63.3 Å². The Morgan fingerprint density at radius 3 is 1.91 bits per heavy atom. The quantitative estimate of drug-likeness (QED) is 0.133. The van der Waals surface area contributed by atoms with Gasteiger partial charge in [-0.15, -0.1) is 0 Å². The van der Waals surface area contributed by atoms with Gasteiger partial charge in [-0.3, -0.25) is 9.97 Å². The topological polar surface area (TPSA) is 91.4 Å². The van der Waals surface area contributed by atoms with E-state index in [0.717, 1.165) is 23.4 Å². The van der Waals surface area contributed by atoms with Crippen LogP contribution in [-0.2, 0) is 33.4 Å². The first-order chi connectivity index (χ1) is 20.3. The van der Waals surface area contributed by atoms with Crippen LogP contribution >= 0.6 is 0 Å². The molecule has 44 heavy (non-hydrogen) atoms. The van der Waals surface area contributed by atoms with E-state index in [-0.39, 0.29) is 32.3 Å². The standard InChI is InChI=1S/C21H21F3N3.C9H4F3N4.Pt/c1-12(2)15-6-5-7-16(13(3)4)20(15)14-8-9-25-17(10-14)18-11-19(27-26-18)21(22,23)24;10-9(11,12)8-15-3-6(4-16-8)7-5-13-1-2-14-7;/h5-13H,1-4H3;1-3,5H;/q2*-1;+2. The van der Waals surface area contributed by atoms with Crippen LogP contribution in [0.25, 0.3) is 33.8 Å². The number of alkyl halides is 6. The Morgan fingerprint density at radius 1 is 0.750 bits per heavy atom. The van der Waals surface area contributed by atoms with E-state index in [0.29, 0.717) is 23.2 Å². The number of pyridine rings is 1. The van der Waals surface area contributed by atoms with Gasteiger partial charge in [-0.05, 0) is 58.5 Å². The molecule has 5 rings (SSSR count). The first-order valence-corrected chi connectivity index (χ1v) is 13.0. The maximum Gasteiger partial charge on any atom is 2.00 e. The molecule has 0 bridgehead atoms. The van der Waals surface area contributed by atoms with Crippen LogP contribution in [0.3, 0.4) is 0 Å². The molecule has 0 N–H and O–H groups in total. The zero-order valence-corrected chi connectivity index (χ0v) is 26.0. The van der Waals surface area contributed by atoms with Crippen molar-refractivity contribution < 1.29 is 47.4 Å². The number of halogens is 6. The van der Waals surface area contributed by atoms with E-state index in [1.165, 1.54) is 29.7 Å². The van der Waals surface area contributed by atoms with Crippen LogP contribution in [0, 0.1) is 6.20 Å². The second-order valence-corrected chi connectivity index (χ2v) is 9.97. The van der Waals surface area contributed by atoms with E-state index < -0.39 is 23.9 Å². The van der Waals surface area contributed by atoms with Gasteiger partial charge in [0.2, 0.25) is 0 Å². The fraction of sp³-hybridized carbons (Fsp3) is 0.267. The Morgan fingerprint density at radius 2 is 1.41 bits per heavy atom. The minimum Gasteiger partial charge on any atom is -0.573 e. The number of rotatable bonds is 5. The molecule has 4 aromatic heterocycles. The third kappa shape index (κ3) is 8.34. The summed E-state index contributed by atoms with van der Waals surface area (Å²) in [7, 11) is 0. The summed E-state index contributed by atoms with van der Waals surface area (Å²) < 4.78 is 74.9. The molecule has 5 aromatic rings. The number of aromatic nitrogens is 7. The van der Waals surface area contributed by atoms with Crippen molar-refractivity contribution in [2.45, 2.75) is 51.9 Å². The number of benzene rings is 1. The molecule has 0 atom stereocenters. The summed E-state index contributed by atoms with van der Waals surface area (Å²) in [5, 5.41) is 6.91. The Balaban J connectivity index is 0.000000266. The predicted octanol–water partition coefficient (Wildman–Crippen LogP) is 7.78. The fourth-order valence-corrected chi connectivity index (χ4v) is 4.16. The van der Waals surface area contributed by atoms with E-state index in [1.807, 2.05) is 6.07 Å². The molecule has 0 spiro atoms. The molecule has 0 aliphatic carbocycles. The van der Waals surface area contributed by atoms with Crippen molar-refractivity contribution in [1.29, 1.82) is 0 Å². The van der Waals surface area contributed by atoms with Crippen LogP contribution in [0.1, 0.15) is 62.2 Å². The molecule has 14 heteroatoms. The minimum atomic E-state index is -4.56. The van der Waals surface area contributed by atoms with Crippen molar-refractivity contribution in [2.24, 2.45) is 0 Å². The fourth-order valence-electron chi connectivity index (χ4n) is 4.16. The van der Waals surface area contributed by atoms with Crippen molar-refractivity contribution in [3.63, 3.8) is 0 Å². The summed E-state index contributed by atoms with van der Waals surface area (Å²) in [5.74, 6) is -0.600. The first kappa shape index (κ1) is 34.5. The third-order valence-corrected chi connectivity index (χ3v) is 6.20. The van der Waals surface area contributed by atoms with Crippen LogP contribution in [0.2, 0.25) is 0 Å². The normalized spacial score (nSPS) is 11.6. The number of hydrogen-bond donors (Lipinski definition) is 0. The molecule has 1 aromatic carbocycles. The van der Waals surface area contributed by atoms with E-state index in [2.05, 4.69) is 87.2 Å². The maximum atomic E-state index is 12.8. The Labute approximate surface area is 263 Å². The largest absolute Gasteiger partial charge is 2.00 e. The molecule has 4 heterocycles. The molecule has 0 fully saturated rings. The Hall–Kier alpha value is -3.99. The van der Waals surface area contributed by atoms with E-state index in [9.17, 15) is 26.3 Å². The molecule has 0 saturated carbocycles. The van der Waals surface area contributed by atoms with Gasteiger partial charge in [0.05, 0.1) is 0 Å². The van der Waals surface area contributed by atoms with Gasteiger partial charge in [0.15, 0.2) is 0 Å². The zero-order chi connectivity index (χ0) is 31.4. The summed E-state index contributed by atoms with van der Waals surface area (Å²) in [6.07, 6.45) is 0.0311. The van der Waals surface area contributed by atoms with Crippen LogP contribution < -0.4 is 5.10 Å². The summed E-state index contributed by atoms with van der Waals surface area (Å²) in [6.45, 7) is 8.51. The van der Waals surface area contributed by atoms with Gasteiger partial charge in [-0.2, -0.15) is 26.3 Å². The SMILES string of the molecule is CC(C)c1cccc(C(C)C)c1-c1ccnc(-c2cc(C(F)(F)F)n[n-]2)c1.FC(F)(F)c1n[c-]c(-c2cnccn2)cn1.[Pt+2]. The average molecular weight is 793 g/mol. The van der Waals surface area contributed by atoms with Crippen LogP contribution in [0.15, 0.2) is 67.4 Å². The number of hydrogen-bond acceptors (Lipinski definition) is 6. The van der Waals surface area contributed by atoms with Gasteiger partial charge < -0.3 is 25.1 Å². The van der Waals surface area contributed by atoms with E-state index in [4.69, 9.17) is 0 Å². The average Bonchev–Trinajstić information content (AvgIpc) is 3.49. The minimum absolute atomic E-state index is 0. The molecular formula is C30H25F6N7Pt. The summed E-state index contributed by atoms with van der Waals surface area (Å²) in [6, 6.07) is 10.8. The zero-order valence-electron chi connectivity index (χ0n) is 23.7. The first-order valence-electron chi connectivity index (χ1n) is 13.0. The van der Waals surface area contributed by atoms with Crippen LogP contribution in [0.4, 0.5) is 26.3 Å². The van der Waals surface area contributed by atoms with Gasteiger partial charge in [0.1, 0.15) is 11.5 Å². The number of nitrogens with zero attached hydrogens (tertiary/aromatic N) is 7. The molecule has 232 valence electrons. The van der Waals surface area contributed by atoms with Crippen molar-refractivity contribution in [1.82, 2.24) is 35.1 Å². The molecule has 0 aliphatic heterocycles. The molecule has 7 nitrogen and oxygen atoms in total. The Bertz CT molecular complexity index is 1630. The van der Waals surface area contributed by atoms with Gasteiger partial charge in [0, 0.05) is 36.2 Å².